The van der Waals surface area contributed by atoms with Crippen molar-refractivity contribution in [3.05, 3.63) is 130 Å². The second-order valence-corrected chi connectivity index (χ2v) is 7.93. The van der Waals surface area contributed by atoms with Gasteiger partial charge in [-0.2, -0.15) is 0 Å². The zero-order valence-corrected chi connectivity index (χ0v) is 17.7. The van der Waals surface area contributed by atoms with E-state index in [9.17, 15) is 10.2 Å². The van der Waals surface area contributed by atoms with Crippen LogP contribution in [0.1, 0.15) is 45.4 Å². The van der Waals surface area contributed by atoms with E-state index >= 15 is 0 Å². The van der Waals surface area contributed by atoms with Crippen molar-refractivity contribution in [3.63, 3.8) is 0 Å². The largest absolute Gasteiger partial charge is 0.386 e. The van der Waals surface area contributed by atoms with E-state index in [0.717, 1.165) is 27.9 Å². The summed E-state index contributed by atoms with van der Waals surface area (Å²) in [4.78, 5) is 9.00. The van der Waals surface area contributed by atoms with Crippen molar-refractivity contribution in [2.24, 2.45) is 0 Å². The van der Waals surface area contributed by atoms with Gasteiger partial charge in [-0.05, 0) is 49.2 Å². The molecule has 2 heterocycles. The molecule has 156 valence electrons. The highest BCUT2D eigenvalue weighted by molar-refractivity contribution is 5.46. The zero-order valence-electron chi connectivity index (χ0n) is 17.7. The van der Waals surface area contributed by atoms with Crippen LogP contribution in [0.15, 0.2) is 91.1 Å². The zero-order chi connectivity index (χ0) is 21.8. The third-order valence-corrected chi connectivity index (χ3v) is 5.55. The number of benzene rings is 2. The highest BCUT2D eigenvalue weighted by Crippen LogP contribution is 2.36. The Labute approximate surface area is 182 Å². The number of hydrogen-bond acceptors (Lipinski definition) is 4. The van der Waals surface area contributed by atoms with E-state index in [0.29, 0.717) is 17.8 Å². The summed E-state index contributed by atoms with van der Waals surface area (Å²) in [5, 5.41) is 22.8. The first-order valence-corrected chi connectivity index (χ1v) is 10.4. The molecule has 0 saturated heterocycles. The Morgan fingerprint density at radius 2 is 1.39 bits per heavy atom. The van der Waals surface area contributed by atoms with Crippen LogP contribution in [0, 0.1) is 13.8 Å². The standard InChI is InChI=1S/C27H26N2O2/c1-19-9-13-21(14-10-19)27(31,22-15-11-20(2)12-16-22)26-8-5-7-24(29-26)25(30)18-23-6-3-4-17-28-23/h3-17,25,30-31H,18H2,1-2H3. The van der Waals surface area contributed by atoms with Gasteiger partial charge in [-0.1, -0.05) is 71.8 Å². The average Bonchev–Trinajstić information content (AvgIpc) is 2.80. The van der Waals surface area contributed by atoms with Gasteiger partial charge in [0.1, 0.15) is 6.10 Å². The lowest BCUT2D eigenvalue weighted by atomic mass is 9.82. The average molecular weight is 411 g/mol. The van der Waals surface area contributed by atoms with Crippen LogP contribution >= 0.6 is 0 Å². The SMILES string of the molecule is Cc1ccc(C(O)(c2ccc(C)cc2)c2cccc(C(O)Cc3ccccn3)n2)cc1. The van der Waals surface area contributed by atoms with Gasteiger partial charge >= 0.3 is 0 Å². The first-order chi connectivity index (χ1) is 15.0. The molecule has 0 fully saturated rings. The van der Waals surface area contributed by atoms with Gasteiger partial charge in [0.05, 0.1) is 11.4 Å². The predicted molar refractivity (Wildman–Crippen MR) is 122 cm³/mol. The molecular weight excluding hydrogens is 384 g/mol. The number of aryl methyl sites for hydroxylation is 2. The second-order valence-electron chi connectivity index (χ2n) is 7.93. The normalized spacial score (nSPS) is 12.5. The van der Waals surface area contributed by atoms with Crippen molar-refractivity contribution >= 4 is 0 Å². The number of aromatic nitrogens is 2. The van der Waals surface area contributed by atoms with Crippen LogP contribution in [-0.2, 0) is 12.0 Å². The van der Waals surface area contributed by atoms with Gasteiger partial charge in [-0.3, -0.25) is 9.97 Å². The van der Waals surface area contributed by atoms with Gasteiger partial charge in [0, 0.05) is 18.3 Å². The third-order valence-electron chi connectivity index (χ3n) is 5.55. The summed E-state index contributed by atoms with van der Waals surface area (Å²) < 4.78 is 0. The summed E-state index contributed by atoms with van der Waals surface area (Å²) in [5.74, 6) is 0. The number of pyridine rings is 2. The van der Waals surface area contributed by atoms with Crippen LogP contribution in [0.4, 0.5) is 0 Å². The van der Waals surface area contributed by atoms with Crippen molar-refractivity contribution in [2.75, 3.05) is 0 Å². The van der Waals surface area contributed by atoms with Crippen molar-refractivity contribution in [3.8, 4) is 0 Å². The van der Waals surface area contributed by atoms with Gasteiger partial charge in [0.25, 0.3) is 0 Å². The lowest BCUT2D eigenvalue weighted by Gasteiger charge is -2.30. The molecule has 0 saturated carbocycles. The van der Waals surface area contributed by atoms with Crippen LogP contribution in [0.3, 0.4) is 0 Å². The van der Waals surface area contributed by atoms with Crippen LogP contribution < -0.4 is 0 Å². The van der Waals surface area contributed by atoms with Crippen LogP contribution in [0.25, 0.3) is 0 Å². The van der Waals surface area contributed by atoms with Gasteiger partial charge < -0.3 is 10.2 Å². The van der Waals surface area contributed by atoms with Gasteiger partial charge in [-0.25, -0.2) is 0 Å². The van der Waals surface area contributed by atoms with Gasteiger partial charge in [0.15, 0.2) is 5.60 Å². The molecule has 0 bridgehead atoms. The fraction of sp³-hybridized carbons (Fsp3) is 0.185. The maximum atomic E-state index is 12.0. The van der Waals surface area contributed by atoms with Crippen molar-refractivity contribution in [2.45, 2.75) is 32.0 Å². The lowest BCUT2D eigenvalue weighted by Crippen LogP contribution is -2.30. The van der Waals surface area contributed by atoms with E-state index in [1.54, 1.807) is 18.3 Å². The second kappa shape index (κ2) is 8.80. The molecule has 4 rings (SSSR count). The highest BCUT2D eigenvalue weighted by atomic mass is 16.3. The van der Waals surface area contributed by atoms with E-state index in [4.69, 9.17) is 4.98 Å². The molecule has 0 amide bonds. The minimum absolute atomic E-state index is 0.352. The van der Waals surface area contributed by atoms with E-state index < -0.39 is 11.7 Å². The van der Waals surface area contributed by atoms with E-state index in [2.05, 4.69) is 4.98 Å². The number of aliphatic hydroxyl groups is 2. The van der Waals surface area contributed by atoms with Gasteiger partial charge in [-0.15, -0.1) is 0 Å². The molecule has 4 heteroatoms. The van der Waals surface area contributed by atoms with Crippen LogP contribution in [-0.4, -0.2) is 20.2 Å². The first kappa shape index (κ1) is 20.9. The molecule has 2 aromatic carbocycles. The quantitative estimate of drug-likeness (QED) is 0.485. The molecule has 1 atom stereocenters. The minimum Gasteiger partial charge on any atom is -0.386 e. The Morgan fingerprint density at radius 3 is 1.94 bits per heavy atom. The van der Waals surface area contributed by atoms with Crippen molar-refractivity contribution < 1.29 is 10.2 Å². The molecule has 2 aromatic heterocycles. The number of rotatable bonds is 6. The molecule has 0 aliphatic carbocycles. The molecule has 4 nitrogen and oxygen atoms in total. The predicted octanol–water partition coefficient (Wildman–Crippen LogP) is 4.65. The lowest BCUT2D eigenvalue weighted by molar-refractivity contribution is 0.118. The summed E-state index contributed by atoms with van der Waals surface area (Å²) in [5.41, 5.74) is 4.00. The fourth-order valence-electron chi connectivity index (χ4n) is 3.71. The molecule has 1 unspecified atom stereocenters. The molecule has 31 heavy (non-hydrogen) atoms. The van der Waals surface area contributed by atoms with Crippen molar-refractivity contribution in [1.82, 2.24) is 9.97 Å². The Kier molecular flexibility index (Phi) is 5.94. The summed E-state index contributed by atoms with van der Waals surface area (Å²) in [7, 11) is 0. The smallest absolute Gasteiger partial charge is 0.157 e. The minimum atomic E-state index is -1.44. The Morgan fingerprint density at radius 1 is 0.774 bits per heavy atom. The Hall–Kier alpha value is -3.34. The highest BCUT2D eigenvalue weighted by Gasteiger charge is 2.35. The molecule has 0 radical (unpaired) electrons. The number of aliphatic hydroxyl groups excluding tert-OH is 1. The molecule has 4 aromatic rings. The van der Waals surface area contributed by atoms with Gasteiger partial charge in [0.2, 0.25) is 0 Å². The molecule has 2 N–H and O–H groups in total. The summed E-state index contributed by atoms with van der Waals surface area (Å²) >= 11 is 0. The van der Waals surface area contributed by atoms with E-state index in [-0.39, 0.29) is 0 Å². The fourth-order valence-corrected chi connectivity index (χ4v) is 3.71. The van der Waals surface area contributed by atoms with Crippen LogP contribution in [0.5, 0.6) is 0 Å². The summed E-state index contributed by atoms with van der Waals surface area (Å²) in [6.45, 7) is 4.03. The van der Waals surface area contributed by atoms with E-state index in [1.165, 1.54) is 0 Å². The maximum Gasteiger partial charge on any atom is 0.157 e. The maximum absolute atomic E-state index is 12.0. The van der Waals surface area contributed by atoms with E-state index in [1.807, 2.05) is 86.6 Å². The molecular formula is C27H26N2O2. The Balaban J connectivity index is 1.77. The first-order valence-electron chi connectivity index (χ1n) is 10.4. The topological polar surface area (TPSA) is 66.2 Å². The summed E-state index contributed by atoms with van der Waals surface area (Å²) in [6, 6.07) is 26.6. The molecule has 0 aliphatic rings. The summed E-state index contributed by atoms with van der Waals surface area (Å²) in [6.07, 6.45) is 1.24. The van der Waals surface area contributed by atoms with Crippen molar-refractivity contribution in [1.29, 1.82) is 0 Å². The van der Waals surface area contributed by atoms with Crippen LogP contribution in [0.2, 0.25) is 0 Å². The molecule has 0 spiro atoms. The number of nitrogens with zero attached hydrogens (tertiary/aromatic N) is 2. The third kappa shape index (κ3) is 4.41. The monoisotopic (exact) mass is 410 g/mol. The Bertz CT molecular complexity index is 1090. The number of hydrogen-bond donors (Lipinski definition) is 2. The molecule has 0 aliphatic heterocycles.